The number of hydrogen-bond donors (Lipinski definition) is 2. The number of anilines is 1. The van der Waals surface area contributed by atoms with Gasteiger partial charge in [0.2, 0.25) is 0 Å². The van der Waals surface area contributed by atoms with Gasteiger partial charge in [-0.1, -0.05) is 0 Å². The summed E-state index contributed by atoms with van der Waals surface area (Å²) in [5.74, 6) is -1.28. The number of amides is 1. The summed E-state index contributed by atoms with van der Waals surface area (Å²) < 4.78 is 40.3. The maximum Gasteiger partial charge on any atom is 0.339 e. The molecule has 12 heteroatoms. The van der Waals surface area contributed by atoms with E-state index in [9.17, 15) is 23.1 Å². The first-order valence-electron chi connectivity index (χ1n) is 9.95. The van der Waals surface area contributed by atoms with E-state index in [1.165, 1.54) is 34.8 Å². The molecule has 2 aromatic rings. The molecule has 1 saturated heterocycles. The molecular formula is C20H26N4O7S. The number of carbonyl (C=O) groups excluding carboxylic acids is 1. The summed E-state index contributed by atoms with van der Waals surface area (Å²) in [5.41, 5.74) is -0.188. The van der Waals surface area contributed by atoms with Crippen LogP contribution in [0.15, 0.2) is 29.2 Å². The molecule has 174 valence electrons. The number of nitrogens with zero attached hydrogens (tertiary/aromatic N) is 3. The van der Waals surface area contributed by atoms with Crippen LogP contribution in [0.25, 0.3) is 0 Å². The third-order valence-corrected chi connectivity index (χ3v) is 6.40. The van der Waals surface area contributed by atoms with Crippen LogP contribution in [-0.4, -0.2) is 74.0 Å². The largest absolute Gasteiger partial charge is 0.492 e. The van der Waals surface area contributed by atoms with E-state index in [2.05, 4.69) is 9.82 Å². The molecule has 2 heterocycles. The second-order valence-electron chi connectivity index (χ2n) is 7.67. The van der Waals surface area contributed by atoms with E-state index in [1.54, 1.807) is 14.1 Å². The Morgan fingerprint density at radius 2 is 1.97 bits per heavy atom. The zero-order valence-corrected chi connectivity index (χ0v) is 18.9. The summed E-state index contributed by atoms with van der Waals surface area (Å²) in [6.07, 6.45) is 1.64. The molecule has 0 aliphatic carbocycles. The number of carboxylic acids is 1. The number of ether oxygens (including phenoxy) is 2. The van der Waals surface area contributed by atoms with Crippen molar-refractivity contribution in [3.63, 3.8) is 0 Å². The van der Waals surface area contributed by atoms with Gasteiger partial charge in [-0.05, 0) is 37.0 Å². The van der Waals surface area contributed by atoms with Crippen LogP contribution in [0.2, 0.25) is 0 Å². The van der Waals surface area contributed by atoms with Crippen LogP contribution < -0.4 is 9.46 Å². The smallest absolute Gasteiger partial charge is 0.339 e. The Balaban J connectivity index is 1.81. The van der Waals surface area contributed by atoms with Crippen molar-refractivity contribution in [2.45, 2.75) is 17.7 Å². The molecule has 1 aliphatic rings. The van der Waals surface area contributed by atoms with E-state index in [4.69, 9.17) is 9.47 Å². The van der Waals surface area contributed by atoms with Crippen LogP contribution in [0.5, 0.6) is 5.75 Å². The number of hydrogen-bond acceptors (Lipinski definition) is 7. The van der Waals surface area contributed by atoms with Gasteiger partial charge < -0.3 is 19.5 Å². The predicted octanol–water partition coefficient (Wildman–Crippen LogP) is 1.43. The van der Waals surface area contributed by atoms with Crippen LogP contribution >= 0.6 is 0 Å². The Hall–Kier alpha value is -3.12. The number of carbonyl (C=O) groups is 2. The Morgan fingerprint density at radius 1 is 1.28 bits per heavy atom. The van der Waals surface area contributed by atoms with E-state index in [0.29, 0.717) is 19.8 Å². The second kappa shape index (κ2) is 9.57. The Kier molecular flexibility index (Phi) is 7.04. The van der Waals surface area contributed by atoms with E-state index >= 15 is 0 Å². The Labute approximate surface area is 186 Å². The Bertz CT molecular complexity index is 1110. The first-order valence-corrected chi connectivity index (χ1v) is 11.4. The summed E-state index contributed by atoms with van der Waals surface area (Å²) in [6.45, 7) is 1.60. The predicted molar refractivity (Wildman–Crippen MR) is 114 cm³/mol. The number of nitrogens with one attached hydrogen (secondary N) is 1. The van der Waals surface area contributed by atoms with E-state index < -0.39 is 16.0 Å². The Morgan fingerprint density at radius 3 is 2.59 bits per heavy atom. The van der Waals surface area contributed by atoms with Gasteiger partial charge in [0.15, 0.2) is 5.69 Å². The zero-order valence-electron chi connectivity index (χ0n) is 18.1. The third kappa shape index (κ3) is 5.37. The molecule has 0 spiro atoms. The summed E-state index contributed by atoms with van der Waals surface area (Å²) in [4.78, 5) is 24.9. The van der Waals surface area contributed by atoms with Gasteiger partial charge in [0.1, 0.15) is 17.1 Å². The average molecular weight is 467 g/mol. The number of aromatic nitrogens is 2. The standard InChI is InChI=1S/C20H26N4O7S/c1-23(2)19(25)16-11-18(24(3)21-16)22-32(28,29)14-4-5-17(15(10-14)20(26)27)31-12-13-6-8-30-9-7-13/h4-5,10-11,13,22H,6-9,12H2,1-3H3,(H,26,27). The highest BCUT2D eigenvalue weighted by molar-refractivity contribution is 7.92. The van der Waals surface area contributed by atoms with Crippen molar-refractivity contribution in [2.75, 3.05) is 38.6 Å². The van der Waals surface area contributed by atoms with E-state index in [0.717, 1.165) is 18.9 Å². The quantitative estimate of drug-likeness (QED) is 0.595. The molecule has 1 amide bonds. The number of rotatable bonds is 8. The van der Waals surface area contributed by atoms with Gasteiger partial charge in [-0.25, -0.2) is 13.2 Å². The van der Waals surface area contributed by atoms with E-state index in [1.807, 2.05) is 0 Å². The third-order valence-electron chi connectivity index (χ3n) is 5.05. The van der Waals surface area contributed by atoms with Crippen molar-refractivity contribution in [1.82, 2.24) is 14.7 Å². The van der Waals surface area contributed by atoms with E-state index in [-0.39, 0.29) is 39.5 Å². The average Bonchev–Trinajstić information content (AvgIpc) is 3.11. The molecule has 1 fully saturated rings. The fourth-order valence-electron chi connectivity index (χ4n) is 3.18. The molecule has 1 aliphatic heterocycles. The van der Waals surface area contributed by atoms with Crippen LogP contribution in [0, 0.1) is 5.92 Å². The van der Waals surface area contributed by atoms with Crippen molar-refractivity contribution in [2.24, 2.45) is 13.0 Å². The van der Waals surface area contributed by atoms with Gasteiger partial charge in [-0.15, -0.1) is 0 Å². The lowest BCUT2D eigenvalue weighted by Crippen LogP contribution is -2.22. The zero-order chi connectivity index (χ0) is 23.5. The number of carboxylic acid groups (broad SMARTS) is 1. The second-order valence-corrected chi connectivity index (χ2v) is 9.36. The molecule has 3 rings (SSSR count). The monoisotopic (exact) mass is 466 g/mol. The minimum atomic E-state index is -4.15. The van der Waals surface area contributed by atoms with Gasteiger partial charge >= 0.3 is 5.97 Å². The lowest BCUT2D eigenvalue weighted by Gasteiger charge is -2.22. The van der Waals surface area contributed by atoms with Crippen molar-refractivity contribution in [3.8, 4) is 5.75 Å². The molecule has 11 nitrogen and oxygen atoms in total. The van der Waals surface area contributed by atoms with Crippen molar-refractivity contribution >= 4 is 27.7 Å². The van der Waals surface area contributed by atoms with Gasteiger partial charge in [0.25, 0.3) is 15.9 Å². The topological polar surface area (TPSA) is 140 Å². The molecule has 2 N–H and O–H groups in total. The minimum Gasteiger partial charge on any atom is -0.492 e. The summed E-state index contributed by atoms with van der Waals surface area (Å²) in [6, 6.07) is 4.97. The molecule has 0 saturated carbocycles. The molecule has 0 bridgehead atoms. The summed E-state index contributed by atoms with van der Waals surface area (Å²) in [5, 5.41) is 13.6. The first-order chi connectivity index (χ1) is 15.1. The molecule has 1 aromatic heterocycles. The summed E-state index contributed by atoms with van der Waals surface area (Å²) >= 11 is 0. The highest BCUT2D eigenvalue weighted by Gasteiger charge is 2.23. The van der Waals surface area contributed by atoms with Gasteiger partial charge in [0.05, 0.1) is 11.5 Å². The molecule has 0 unspecified atom stereocenters. The van der Waals surface area contributed by atoms with Crippen LogP contribution in [0.3, 0.4) is 0 Å². The van der Waals surface area contributed by atoms with Crippen molar-refractivity contribution in [1.29, 1.82) is 0 Å². The normalized spacial score (nSPS) is 14.7. The number of aryl methyl sites for hydroxylation is 1. The highest BCUT2D eigenvalue weighted by Crippen LogP contribution is 2.26. The number of benzene rings is 1. The maximum absolute atomic E-state index is 12.9. The number of aromatic carboxylic acids is 1. The van der Waals surface area contributed by atoms with Gasteiger partial charge in [0, 0.05) is 40.4 Å². The lowest BCUT2D eigenvalue weighted by molar-refractivity contribution is 0.0490. The summed E-state index contributed by atoms with van der Waals surface area (Å²) in [7, 11) is 0.450. The molecular weight excluding hydrogens is 440 g/mol. The highest BCUT2D eigenvalue weighted by atomic mass is 32.2. The minimum absolute atomic E-state index is 0.0620. The SMILES string of the molecule is CN(C)C(=O)c1cc(NS(=O)(=O)c2ccc(OCC3CCOCC3)c(C(=O)O)c2)n(C)n1. The molecule has 1 aromatic carbocycles. The van der Waals surface area contributed by atoms with Crippen molar-refractivity contribution in [3.05, 3.63) is 35.5 Å². The fourth-order valence-corrected chi connectivity index (χ4v) is 4.29. The maximum atomic E-state index is 12.9. The van der Waals surface area contributed by atoms with Crippen LogP contribution in [0.1, 0.15) is 33.7 Å². The lowest BCUT2D eigenvalue weighted by atomic mass is 10.0. The van der Waals surface area contributed by atoms with Gasteiger partial charge in [-0.2, -0.15) is 5.10 Å². The number of sulfonamides is 1. The fraction of sp³-hybridized carbons (Fsp3) is 0.450. The molecule has 32 heavy (non-hydrogen) atoms. The van der Waals surface area contributed by atoms with Crippen LogP contribution in [0.4, 0.5) is 5.82 Å². The molecule has 0 atom stereocenters. The van der Waals surface area contributed by atoms with Crippen LogP contribution in [-0.2, 0) is 21.8 Å². The van der Waals surface area contributed by atoms with Gasteiger partial charge in [-0.3, -0.25) is 14.2 Å². The molecule has 0 radical (unpaired) electrons. The van der Waals surface area contributed by atoms with Crippen molar-refractivity contribution < 1.29 is 32.6 Å². The first kappa shape index (κ1) is 23.5.